The van der Waals surface area contributed by atoms with Crippen LogP contribution in [0.3, 0.4) is 0 Å². The third-order valence-corrected chi connectivity index (χ3v) is 1.63. The molecule has 0 radical (unpaired) electrons. The van der Waals surface area contributed by atoms with Crippen LogP contribution < -0.4 is 0 Å². The monoisotopic (exact) mass is 196 g/mol. The van der Waals surface area contributed by atoms with Crippen LogP contribution in [0, 0.1) is 10.1 Å². The minimum Gasteiger partial charge on any atom is -0.476 e. The molecule has 0 saturated heterocycles. The minimum absolute atomic E-state index is 0.369. The molecule has 0 saturated carbocycles. The van der Waals surface area contributed by atoms with Gasteiger partial charge in [0.15, 0.2) is 0 Å². The predicted molar refractivity (Wildman–Crippen MR) is 48.3 cm³/mol. The van der Waals surface area contributed by atoms with Crippen molar-refractivity contribution in [1.82, 2.24) is 4.98 Å². The maximum atomic E-state index is 10.6. The summed E-state index contributed by atoms with van der Waals surface area (Å²) in [6.07, 6.45) is 1.90. The van der Waals surface area contributed by atoms with Crippen molar-refractivity contribution in [3.63, 3.8) is 0 Å². The molecular weight excluding hydrogens is 188 g/mol. The minimum atomic E-state index is -1.34. The molecule has 0 amide bonds. The summed E-state index contributed by atoms with van der Waals surface area (Å²) in [7, 11) is 0. The lowest BCUT2D eigenvalue weighted by atomic mass is 10.3. The Morgan fingerprint density at radius 1 is 1.79 bits per heavy atom. The van der Waals surface area contributed by atoms with Crippen LogP contribution in [0.4, 0.5) is 5.69 Å². The lowest BCUT2D eigenvalue weighted by Gasteiger charge is -1.88. The van der Waals surface area contributed by atoms with Gasteiger partial charge in [0.2, 0.25) is 5.69 Å². The molecule has 0 atom stereocenters. The van der Waals surface area contributed by atoms with Crippen molar-refractivity contribution in [2.24, 2.45) is 0 Å². The number of carboxylic acid groups (broad SMARTS) is 1. The van der Waals surface area contributed by atoms with Crippen LogP contribution in [-0.4, -0.2) is 21.0 Å². The van der Waals surface area contributed by atoms with Gasteiger partial charge in [-0.15, -0.1) is 6.58 Å². The summed E-state index contributed by atoms with van der Waals surface area (Å²) in [4.78, 5) is 22.7. The Morgan fingerprint density at radius 2 is 2.43 bits per heavy atom. The highest BCUT2D eigenvalue weighted by Gasteiger charge is 2.22. The molecule has 6 heteroatoms. The molecule has 0 unspecified atom stereocenters. The fraction of sp³-hybridized carbons (Fsp3) is 0.125. The molecule has 14 heavy (non-hydrogen) atoms. The third-order valence-electron chi connectivity index (χ3n) is 1.63. The first-order valence-corrected chi connectivity index (χ1v) is 3.76. The van der Waals surface area contributed by atoms with Crippen molar-refractivity contribution in [3.8, 4) is 0 Å². The van der Waals surface area contributed by atoms with E-state index >= 15 is 0 Å². The van der Waals surface area contributed by atoms with Gasteiger partial charge in [-0.25, -0.2) is 4.79 Å². The number of nitrogens with zero attached hydrogens (tertiary/aromatic N) is 1. The van der Waals surface area contributed by atoms with Crippen LogP contribution in [-0.2, 0) is 6.42 Å². The summed E-state index contributed by atoms with van der Waals surface area (Å²) in [5.41, 5.74) is -0.356. The van der Waals surface area contributed by atoms with Gasteiger partial charge in [-0.3, -0.25) is 10.1 Å². The van der Waals surface area contributed by atoms with Gasteiger partial charge in [-0.05, 0) is 0 Å². The van der Waals surface area contributed by atoms with E-state index in [1.165, 1.54) is 12.1 Å². The molecule has 0 aromatic carbocycles. The quantitative estimate of drug-likeness (QED) is 0.431. The van der Waals surface area contributed by atoms with Crippen LogP contribution in [0.15, 0.2) is 18.7 Å². The number of rotatable bonds is 4. The molecule has 1 aromatic heterocycles. The topological polar surface area (TPSA) is 96.2 Å². The number of aromatic amines is 1. The highest BCUT2D eigenvalue weighted by molar-refractivity contribution is 5.90. The van der Waals surface area contributed by atoms with Gasteiger partial charge in [0, 0.05) is 18.2 Å². The van der Waals surface area contributed by atoms with E-state index in [0.717, 1.165) is 0 Å². The summed E-state index contributed by atoms with van der Waals surface area (Å²) >= 11 is 0. The fourth-order valence-electron chi connectivity index (χ4n) is 1.07. The average Bonchev–Trinajstić information content (AvgIpc) is 2.49. The van der Waals surface area contributed by atoms with Crippen molar-refractivity contribution in [1.29, 1.82) is 0 Å². The zero-order valence-corrected chi connectivity index (χ0v) is 7.19. The molecule has 2 N–H and O–H groups in total. The number of nitro groups is 1. The van der Waals surface area contributed by atoms with Crippen molar-refractivity contribution in [3.05, 3.63) is 40.2 Å². The Balaban J connectivity index is 3.18. The average molecular weight is 196 g/mol. The van der Waals surface area contributed by atoms with Crippen LogP contribution in [0.1, 0.15) is 16.2 Å². The van der Waals surface area contributed by atoms with E-state index in [9.17, 15) is 14.9 Å². The molecule has 1 rings (SSSR count). The highest BCUT2D eigenvalue weighted by Crippen LogP contribution is 2.20. The predicted octanol–water partition coefficient (Wildman–Crippen LogP) is 1.35. The lowest BCUT2D eigenvalue weighted by Crippen LogP contribution is -2.01. The van der Waals surface area contributed by atoms with E-state index in [1.54, 1.807) is 0 Å². The van der Waals surface area contributed by atoms with Gasteiger partial charge in [0.05, 0.1) is 4.92 Å². The first kappa shape index (κ1) is 9.97. The highest BCUT2D eigenvalue weighted by atomic mass is 16.6. The SMILES string of the molecule is C=CCc1cc([N+](=O)[O-])c(C(=O)O)[nH]1. The van der Waals surface area contributed by atoms with Gasteiger partial charge in [-0.1, -0.05) is 6.08 Å². The van der Waals surface area contributed by atoms with E-state index in [1.807, 2.05) is 0 Å². The van der Waals surface area contributed by atoms with Gasteiger partial charge in [-0.2, -0.15) is 0 Å². The Kier molecular flexibility index (Phi) is 2.66. The van der Waals surface area contributed by atoms with Crippen LogP contribution in [0.25, 0.3) is 0 Å². The number of hydrogen-bond donors (Lipinski definition) is 2. The molecule has 0 aliphatic rings. The van der Waals surface area contributed by atoms with Crippen molar-refractivity contribution in [2.75, 3.05) is 0 Å². The summed E-state index contributed by atoms with van der Waals surface area (Å²) < 4.78 is 0. The molecule has 1 heterocycles. The number of H-pyrrole nitrogens is 1. The zero-order chi connectivity index (χ0) is 10.7. The number of aromatic nitrogens is 1. The molecule has 0 aliphatic heterocycles. The summed E-state index contributed by atoms with van der Waals surface area (Å²) in [6, 6.07) is 1.20. The van der Waals surface area contributed by atoms with Crippen molar-refractivity contribution in [2.45, 2.75) is 6.42 Å². The van der Waals surface area contributed by atoms with E-state index in [0.29, 0.717) is 12.1 Å². The summed E-state index contributed by atoms with van der Waals surface area (Å²) in [5, 5.41) is 19.1. The van der Waals surface area contributed by atoms with Crippen molar-refractivity contribution >= 4 is 11.7 Å². The van der Waals surface area contributed by atoms with Gasteiger partial charge in [0.1, 0.15) is 0 Å². The molecule has 0 bridgehead atoms. The second-order valence-electron chi connectivity index (χ2n) is 2.61. The van der Waals surface area contributed by atoms with Gasteiger partial charge in [0.25, 0.3) is 0 Å². The molecule has 6 nitrogen and oxygen atoms in total. The Labute approximate surface area is 79.0 Å². The van der Waals surface area contributed by atoms with Crippen molar-refractivity contribution < 1.29 is 14.8 Å². The number of nitrogens with one attached hydrogen (secondary N) is 1. The molecular formula is C8H8N2O4. The number of carbonyl (C=O) groups is 1. The second kappa shape index (κ2) is 3.73. The lowest BCUT2D eigenvalue weighted by molar-refractivity contribution is -0.385. The second-order valence-corrected chi connectivity index (χ2v) is 2.61. The normalized spacial score (nSPS) is 9.71. The molecule has 0 fully saturated rings. The Morgan fingerprint density at radius 3 is 2.79 bits per heavy atom. The smallest absolute Gasteiger partial charge is 0.359 e. The standard InChI is InChI=1S/C8H8N2O4/c1-2-3-5-4-6(10(13)14)7(9-5)8(11)12/h2,4,9H,1,3H2,(H,11,12). The molecule has 1 aromatic rings. The van der Waals surface area contributed by atoms with E-state index in [4.69, 9.17) is 5.11 Å². The van der Waals surface area contributed by atoms with E-state index in [2.05, 4.69) is 11.6 Å². The third kappa shape index (κ3) is 1.79. The Bertz CT molecular complexity index is 363. The van der Waals surface area contributed by atoms with Crippen LogP contribution >= 0.6 is 0 Å². The van der Waals surface area contributed by atoms with Crippen LogP contribution in [0.5, 0.6) is 0 Å². The number of allylic oxidation sites excluding steroid dienone is 1. The summed E-state index contributed by atoms with van der Waals surface area (Å²) in [6.45, 7) is 3.45. The Hall–Kier alpha value is -2.11. The first-order chi connectivity index (χ1) is 6.56. The maximum absolute atomic E-state index is 10.6. The number of aromatic carboxylic acids is 1. The van der Waals surface area contributed by atoms with Crippen LogP contribution in [0.2, 0.25) is 0 Å². The van der Waals surface area contributed by atoms with E-state index in [-0.39, 0.29) is 0 Å². The number of hydrogen-bond acceptors (Lipinski definition) is 3. The molecule has 0 spiro atoms. The zero-order valence-electron chi connectivity index (χ0n) is 7.19. The summed E-state index contributed by atoms with van der Waals surface area (Å²) in [5.74, 6) is -1.34. The largest absolute Gasteiger partial charge is 0.476 e. The molecule has 74 valence electrons. The van der Waals surface area contributed by atoms with E-state index < -0.39 is 22.3 Å². The van der Waals surface area contributed by atoms with Gasteiger partial charge >= 0.3 is 11.7 Å². The fourth-order valence-corrected chi connectivity index (χ4v) is 1.07. The number of carboxylic acids is 1. The molecule has 0 aliphatic carbocycles. The van der Waals surface area contributed by atoms with Gasteiger partial charge < -0.3 is 10.1 Å². The maximum Gasteiger partial charge on any atom is 0.359 e. The first-order valence-electron chi connectivity index (χ1n) is 3.76.